The van der Waals surface area contributed by atoms with Gasteiger partial charge in [-0.3, -0.25) is 14.6 Å². The lowest BCUT2D eigenvalue weighted by Gasteiger charge is -2.36. The summed E-state index contributed by atoms with van der Waals surface area (Å²) in [4.78, 5) is 14.7. The standard InChI is InChI=1S/C11H20F3N3O2/c1-15-9(10(18)19-2)7-16-3-5-17(6-4-16)8-11(12,13)14/h9,15H,3-8H2,1-2H3. The average Bonchev–Trinajstić information content (AvgIpc) is 2.35. The van der Waals surface area contributed by atoms with Crippen LogP contribution >= 0.6 is 0 Å². The molecule has 1 aliphatic heterocycles. The van der Waals surface area contributed by atoms with Crippen molar-refractivity contribution < 1.29 is 22.7 Å². The molecule has 1 rings (SSSR count). The molecule has 1 unspecified atom stereocenters. The monoisotopic (exact) mass is 283 g/mol. The maximum absolute atomic E-state index is 12.2. The van der Waals surface area contributed by atoms with Gasteiger partial charge in [-0.2, -0.15) is 13.2 Å². The number of hydrogen-bond acceptors (Lipinski definition) is 5. The highest BCUT2D eigenvalue weighted by Gasteiger charge is 2.32. The third kappa shape index (κ3) is 5.75. The number of rotatable bonds is 5. The van der Waals surface area contributed by atoms with Crippen molar-refractivity contribution in [1.29, 1.82) is 0 Å². The van der Waals surface area contributed by atoms with Crippen LogP contribution in [0.3, 0.4) is 0 Å². The number of nitrogens with one attached hydrogen (secondary N) is 1. The molecule has 0 aromatic carbocycles. The first-order valence-electron chi connectivity index (χ1n) is 6.12. The Morgan fingerprint density at radius 2 is 1.79 bits per heavy atom. The Morgan fingerprint density at radius 1 is 1.26 bits per heavy atom. The van der Waals surface area contributed by atoms with E-state index in [1.165, 1.54) is 12.0 Å². The Morgan fingerprint density at radius 3 is 2.21 bits per heavy atom. The largest absolute Gasteiger partial charge is 0.468 e. The molecule has 0 aromatic rings. The van der Waals surface area contributed by atoms with Crippen molar-refractivity contribution >= 4 is 5.97 Å². The van der Waals surface area contributed by atoms with Crippen molar-refractivity contribution in [1.82, 2.24) is 15.1 Å². The van der Waals surface area contributed by atoms with E-state index < -0.39 is 18.8 Å². The van der Waals surface area contributed by atoms with E-state index >= 15 is 0 Å². The Hall–Kier alpha value is -0.860. The summed E-state index contributed by atoms with van der Waals surface area (Å²) in [7, 11) is 2.97. The second-order valence-electron chi connectivity index (χ2n) is 4.56. The Bertz CT molecular complexity index is 291. The predicted molar refractivity (Wildman–Crippen MR) is 63.8 cm³/mol. The number of alkyl halides is 3. The molecule has 0 amide bonds. The van der Waals surface area contributed by atoms with Gasteiger partial charge in [0, 0.05) is 32.7 Å². The van der Waals surface area contributed by atoms with Gasteiger partial charge in [0.25, 0.3) is 0 Å². The zero-order chi connectivity index (χ0) is 14.5. The minimum Gasteiger partial charge on any atom is -0.468 e. The second kappa shape index (κ2) is 7.06. The summed E-state index contributed by atoms with van der Waals surface area (Å²) in [6.07, 6.45) is -4.15. The molecule has 8 heteroatoms. The lowest BCUT2D eigenvalue weighted by atomic mass is 10.2. The van der Waals surface area contributed by atoms with Gasteiger partial charge in [0.15, 0.2) is 0 Å². The molecular weight excluding hydrogens is 263 g/mol. The minimum atomic E-state index is -4.15. The Kier molecular flexibility index (Phi) is 6.02. The quantitative estimate of drug-likeness (QED) is 0.716. The predicted octanol–water partition coefficient (Wildman–Crippen LogP) is -0.0727. The van der Waals surface area contributed by atoms with Crippen LogP contribution in [-0.4, -0.2) is 81.4 Å². The molecule has 1 saturated heterocycles. The van der Waals surface area contributed by atoms with Gasteiger partial charge < -0.3 is 10.1 Å². The van der Waals surface area contributed by atoms with Gasteiger partial charge in [-0.05, 0) is 7.05 Å². The van der Waals surface area contributed by atoms with Crippen molar-refractivity contribution in [2.45, 2.75) is 12.2 Å². The molecule has 0 saturated carbocycles. The van der Waals surface area contributed by atoms with Gasteiger partial charge in [-0.25, -0.2) is 0 Å². The Labute approximate surface area is 110 Å². The van der Waals surface area contributed by atoms with Crippen molar-refractivity contribution in [2.75, 3.05) is 53.4 Å². The van der Waals surface area contributed by atoms with Gasteiger partial charge >= 0.3 is 12.1 Å². The van der Waals surface area contributed by atoms with E-state index in [1.54, 1.807) is 7.05 Å². The van der Waals surface area contributed by atoms with Gasteiger partial charge in [0.2, 0.25) is 0 Å². The highest BCUT2D eigenvalue weighted by atomic mass is 19.4. The molecule has 1 fully saturated rings. The summed E-state index contributed by atoms with van der Waals surface area (Å²) in [5.74, 6) is -0.361. The van der Waals surface area contributed by atoms with Crippen LogP contribution in [0.4, 0.5) is 13.2 Å². The number of likely N-dealkylation sites (N-methyl/N-ethyl adjacent to an activating group) is 1. The van der Waals surface area contributed by atoms with E-state index in [2.05, 4.69) is 10.1 Å². The molecule has 0 bridgehead atoms. The van der Waals surface area contributed by atoms with E-state index in [9.17, 15) is 18.0 Å². The molecule has 0 spiro atoms. The third-order valence-electron chi connectivity index (χ3n) is 3.14. The first-order valence-corrected chi connectivity index (χ1v) is 6.12. The van der Waals surface area contributed by atoms with Crippen LogP contribution in [0.25, 0.3) is 0 Å². The third-order valence-corrected chi connectivity index (χ3v) is 3.14. The summed E-state index contributed by atoms with van der Waals surface area (Å²) in [6.45, 7) is 1.33. The minimum absolute atomic E-state index is 0.358. The van der Waals surface area contributed by atoms with Crippen molar-refractivity contribution in [3.05, 3.63) is 0 Å². The number of esters is 1. The van der Waals surface area contributed by atoms with Crippen LogP contribution in [0.1, 0.15) is 0 Å². The summed E-state index contributed by atoms with van der Waals surface area (Å²) in [6, 6.07) is -0.445. The number of ether oxygens (including phenoxy) is 1. The van der Waals surface area contributed by atoms with Gasteiger partial charge in [0.05, 0.1) is 13.7 Å². The average molecular weight is 283 g/mol. The fourth-order valence-electron chi connectivity index (χ4n) is 2.07. The number of halogens is 3. The maximum atomic E-state index is 12.2. The molecule has 1 atom stereocenters. The fourth-order valence-corrected chi connectivity index (χ4v) is 2.07. The number of carbonyl (C=O) groups excluding carboxylic acids is 1. The first-order chi connectivity index (χ1) is 8.85. The second-order valence-corrected chi connectivity index (χ2v) is 4.56. The number of piperazine rings is 1. The fraction of sp³-hybridized carbons (Fsp3) is 0.909. The van der Waals surface area contributed by atoms with Crippen LogP contribution in [0.5, 0.6) is 0 Å². The number of hydrogen-bond donors (Lipinski definition) is 1. The molecule has 19 heavy (non-hydrogen) atoms. The summed E-state index contributed by atoms with van der Waals surface area (Å²) >= 11 is 0. The van der Waals surface area contributed by atoms with Gasteiger partial charge in [-0.15, -0.1) is 0 Å². The number of methoxy groups -OCH3 is 1. The Balaban J connectivity index is 2.35. The molecule has 5 nitrogen and oxygen atoms in total. The zero-order valence-corrected chi connectivity index (χ0v) is 11.2. The molecular formula is C11H20F3N3O2. The molecule has 1 aliphatic rings. The molecule has 0 aromatic heterocycles. The number of carbonyl (C=O) groups is 1. The zero-order valence-electron chi connectivity index (χ0n) is 11.2. The smallest absolute Gasteiger partial charge is 0.401 e. The molecule has 0 aliphatic carbocycles. The van der Waals surface area contributed by atoms with Crippen LogP contribution in [0.2, 0.25) is 0 Å². The molecule has 1 heterocycles. The van der Waals surface area contributed by atoms with Crippen molar-refractivity contribution in [3.63, 3.8) is 0 Å². The summed E-state index contributed by atoms with van der Waals surface area (Å²) < 4.78 is 41.3. The van der Waals surface area contributed by atoms with E-state index in [4.69, 9.17) is 0 Å². The topological polar surface area (TPSA) is 44.8 Å². The highest BCUT2D eigenvalue weighted by molar-refractivity contribution is 5.75. The van der Waals surface area contributed by atoms with Crippen molar-refractivity contribution in [3.8, 4) is 0 Å². The molecule has 1 N–H and O–H groups in total. The van der Waals surface area contributed by atoms with Crippen LogP contribution in [0.15, 0.2) is 0 Å². The first kappa shape index (κ1) is 16.2. The lowest BCUT2D eigenvalue weighted by molar-refractivity contribution is -0.149. The van der Waals surface area contributed by atoms with E-state index in [-0.39, 0.29) is 5.97 Å². The highest BCUT2D eigenvalue weighted by Crippen LogP contribution is 2.17. The van der Waals surface area contributed by atoms with E-state index in [0.717, 1.165) is 0 Å². The normalized spacial score (nSPS) is 20.3. The van der Waals surface area contributed by atoms with Gasteiger partial charge in [-0.1, -0.05) is 0 Å². The van der Waals surface area contributed by atoms with E-state index in [1.807, 2.05) is 4.90 Å². The lowest BCUT2D eigenvalue weighted by Crippen LogP contribution is -2.53. The van der Waals surface area contributed by atoms with Crippen molar-refractivity contribution in [2.24, 2.45) is 0 Å². The SMILES string of the molecule is CNC(CN1CCN(CC(F)(F)F)CC1)C(=O)OC. The van der Waals surface area contributed by atoms with Crippen LogP contribution in [-0.2, 0) is 9.53 Å². The molecule has 112 valence electrons. The maximum Gasteiger partial charge on any atom is 0.401 e. The molecule has 0 radical (unpaired) electrons. The van der Waals surface area contributed by atoms with Crippen LogP contribution in [0, 0.1) is 0 Å². The van der Waals surface area contributed by atoms with Gasteiger partial charge in [0.1, 0.15) is 6.04 Å². The summed E-state index contributed by atoms with van der Waals surface area (Å²) in [5.41, 5.74) is 0. The van der Waals surface area contributed by atoms with Crippen LogP contribution < -0.4 is 5.32 Å². The summed E-state index contributed by atoms with van der Waals surface area (Å²) in [5, 5.41) is 2.84. The van der Waals surface area contributed by atoms with E-state index in [0.29, 0.717) is 32.7 Å². The number of nitrogens with zero attached hydrogens (tertiary/aromatic N) is 2.